The second-order valence-electron chi connectivity index (χ2n) is 8.96. The second kappa shape index (κ2) is 9.50. The highest BCUT2D eigenvalue weighted by Gasteiger charge is 2.22. The standard InChI is InChI=1S/C23H25Br2N3O3SSi/c1-33(2,3)15-14-31-16-27-22(25)21(24)26-23(27)19-10-7-11-20-18(19)12-13-28(20)32(29,30)17-8-5-4-6-9-17/h4-13H,14-16H2,1-3H3. The molecule has 0 aliphatic carbocycles. The Morgan fingerprint density at radius 1 is 1.00 bits per heavy atom. The molecule has 6 nitrogen and oxygen atoms in total. The maximum atomic E-state index is 13.2. The number of nitrogens with zero attached hydrogens (tertiary/aromatic N) is 3. The molecule has 0 fully saturated rings. The first-order valence-electron chi connectivity index (χ1n) is 10.5. The molecule has 0 atom stereocenters. The number of imidazole rings is 1. The third kappa shape index (κ3) is 5.04. The van der Waals surface area contributed by atoms with E-state index in [4.69, 9.17) is 9.72 Å². The van der Waals surface area contributed by atoms with Crippen LogP contribution in [0, 0.1) is 0 Å². The van der Waals surface area contributed by atoms with E-state index in [1.807, 2.05) is 22.8 Å². The van der Waals surface area contributed by atoms with E-state index in [1.165, 1.54) is 3.97 Å². The van der Waals surface area contributed by atoms with Crippen molar-refractivity contribution in [2.75, 3.05) is 6.61 Å². The molecule has 0 saturated carbocycles. The normalized spacial score (nSPS) is 12.5. The summed E-state index contributed by atoms with van der Waals surface area (Å²) < 4.78 is 37.2. The van der Waals surface area contributed by atoms with Gasteiger partial charge in [-0.3, -0.25) is 4.57 Å². The van der Waals surface area contributed by atoms with Gasteiger partial charge in [-0.25, -0.2) is 17.4 Å². The van der Waals surface area contributed by atoms with Crippen LogP contribution in [0.25, 0.3) is 22.3 Å². The van der Waals surface area contributed by atoms with Gasteiger partial charge in [0.15, 0.2) is 0 Å². The minimum absolute atomic E-state index is 0.246. The van der Waals surface area contributed by atoms with Crippen molar-refractivity contribution in [1.82, 2.24) is 13.5 Å². The summed E-state index contributed by atoms with van der Waals surface area (Å²) in [6.45, 7) is 7.99. The Morgan fingerprint density at radius 3 is 2.42 bits per heavy atom. The van der Waals surface area contributed by atoms with Gasteiger partial charge in [0.2, 0.25) is 0 Å². The van der Waals surface area contributed by atoms with Gasteiger partial charge in [-0.2, -0.15) is 0 Å². The van der Waals surface area contributed by atoms with E-state index in [9.17, 15) is 8.42 Å². The molecule has 2 aromatic carbocycles. The molecule has 0 saturated heterocycles. The molecule has 4 rings (SSSR count). The fourth-order valence-corrected chi connectivity index (χ4v) is 6.38. The fourth-order valence-electron chi connectivity index (χ4n) is 3.51. The highest BCUT2D eigenvalue weighted by atomic mass is 79.9. The number of rotatable bonds is 8. The Kier molecular flexibility index (Phi) is 7.02. The van der Waals surface area contributed by atoms with E-state index in [0.29, 0.717) is 29.3 Å². The van der Waals surface area contributed by atoms with Crippen LogP contribution in [0.2, 0.25) is 25.7 Å². The van der Waals surface area contributed by atoms with Gasteiger partial charge in [-0.15, -0.1) is 0 Å². The van der Waals surface area contributed by atoms with Crippen LogP contribution in [0.15, 0.2) is 74.9 Å². The van der Waals surface area contributed by atoms with Crippen molar-refractivity contribution in [1.29, 1.82) is 0 Å². The molecular weight excluding hydrogens is 586 g/mol. The van der Waals surface area contributed by atoms with Gasteiger partial charge in [0, 0.05) is 31.8 Å². The van der Waals surface area contributed by atoms with Crippen LogP contribution in [0.4, 0.5) is 0 Å². The lowest BCUT2D eigenvalue weighted by Gasteiger charge is -2.16. The second-order valence-corrected chi connectivity index (χ2v) is 17.9. The summed E-state index contributed by atoms with van der Waals surface area (Å²) in [5, 5.41) is 0.797. The van der Waals surface area contributed by atoms with Gasteiger partial charge >= 0.3 is 0 Å². The van der Waals surface area contributed by atoms with Gasteiger partial charge in [0.05, 0.1) is 10.4 Å². The van der Waals surface area contributed by atoms with Crippen LogP contribution in [-0.4, -0.2) is 36.6 Å². The number of hydrogen-bond acceptors (Lipinski definition) is 4. The third-order valence-corrected chi connectivity index (χ3v) is 10.6. The monoisotopic (exact) mass is 609 g/mol. The van der Waals surface area contributed by atoms with Crippen molar-refractivity contribution >= 4 is 60.9 Å². The topological polar surface area (TPSA) is 66.1 Å². The molecule has 0 amide bonds. The lowest BCUT2D eigenvalue weighted by molar-refractivity contribution is 0.0868. The molecule has 0 spiro atoms. The molecule has 174 valence electrons. The predicted molar refractivity (Wildman–Crippen MR) is 142 cm³/mol. The lowest BCUT2D eigenvalue weighted by Crippen LogP contribution is -2.22. The molecule has 0 radical (unpaired) electrons. The molecule has 0 aliphatic rings. The molecule has 2 aromatic heterocycles. The molecular formula is C23H25Br2N3O3SSi. The Labute approximate surface area is 211 Å². The maximum Gasteiger partial charge on any atom is 0.268 e. The summed E-state index contributed by atoms with van der Waals surface area (Å²) in [4.78, 5) is 4.94. The average molecular weight is 611 g/mol. The van der Waals surface area contributed by atoms with Crippen molar-refractivity contribution in [3.8, 4) is 11.4 Å². The van der Waals surface area contributed by atoms with Crippen molar-refractivity contribution < 1.29 is 13.2 Å². The predicted octanol–water partition coefficient (Wildman–Crippen LogP) is 6.58. The Balaban J connectivity index is 1.74. The summed E-state index contributed by atoms with van der Waals surface area (Å²) in [7, 11) is -4.91. The highest BCUT2D eigenvalue weighted by Crippen LogP contribution is 2.35. The van der Waals surface area contributed by atoms with E-state index >= 15 is 0 Å². The van der Waals surface area contributed by atoms with Crippen LogP contribution in [0.5, 0.6) is 0 Å². The Bertz CT molecular complexity index is 1390. The summed E-state index contributed by atoms with van der Waals surface area (Å²) in [6.07, 6.45) is 1.60. The average Bonchev–Trinajstić information content (AvgIpc) is 3.33. The molecule has 0 aliphatic heterocycles. The van der Waals surface area contributed by atoms with Crippen LogP contribution in [0.3, 0.4) is 0 Å². The van der Waals surface area contributed by atoms with Crippen molar-refractivity contribution in [3.05, 3.63) is 70.0 Å². The van der Waals surface area contributed by atoms with E-state index in [1.54, 1.807) is 42.6 Å². The van der Waals surface area contributed by atoms with Gasteiger partial charge < -0.3 is 4.74 Å². The number of hydrogen-bond donors (Lipinski definition) is 0. The van der Waals surface area contributed by atoms with Gasteiger partial charge in [-0.1, -0.05) is 50.0 Å². The van der Waals surface area contributed by atoms with Crippen molar-refractivity contribution in [2.24, 2.45) is 0 Å². The number of benzene rings is 2. The first-order valence-corrected chi connectivity index (χ1v) is 17.2. The van der Waals surface area contributed by atoms with E-state index < -0.39 is 18.1 Å². The number of halogens is 2. The van der Waals surface area contributed by atoms with Gasteiger partial charge in [-0.05, 0) is 62.2 Å². The van der Waals surface area contributed by atoms with E-state index in [-0.39, 0.29) is 4.90 Å². The molecule has 10 heteroatoms. The number of ether oxygens (including phenoxy) is 1. The first-order chi connectivity index (χ1) is 15.6. The zero-order valence-electron chi connectivity index (χ0n) is 18.6. The van der Waals surface area contributed by atoms with Gasteiger partial charge in [0.1, 0.15) is 21.8 Å². The molecule has 0 unspecified atom stereocenters. The molecule has 0 N–H and O–H groups in total. The molecule has 33 heavy (non-hydrogen) atoms. The number of aromatic nitrogens is 3. The van der Waals surface area contributed by atoms with Crippen molar-refractivity contribution in [2.45, 2.75) is 37.3 Å². The van der Waals surface area contributed by atoms with Crippen LogP contribution < -0.4 is 0 Å². The Morgan fingerprint density at radius 2 is 1.73 bits per heavy atom. The fraction of sp³-hybridized carbons (Fsp3) is 0.261. The molecule has 4 aromatic rings. The summed E-state index contributed by atoms with van der Waals surface area (Å²) >= 11 is 7.11. The molecule has 0 bridgehead atoms. The first kappa shape index (κ1) is 24.4. The summed E-state index contributed by atoms with van der Waals surface area (Å²) in [5.41, 5.74) is 1.42. The largest absolute Gasteiger partial charge is 0.361 e. The minimum Gasteiger partial charge on any atom is -0.361 e. The molecule has 2 heterocycles. The van der Waals surface area contributed by atoms with Crippen LogP contribution in [-0.2, 0) is 21.5 Å². The van der Waals surface area contributed by atoms with Gasteiger partial charge in [0.25, 0.3) is 10.0 Å². The van der Waals surface area contributed by atoms with Crippen LogP contribution in [0.1, 0.15) is 0 Å². The number of fused-ring (bicyclic) bond motifs is 1. The maximum absolute atomic E-state index is 13.2. The SMILES string of the molecule is C[Si](C)(C)CCOCn1c(-c2cccc3c2ccn3S(=O)(=O)c2ccccc2)nc(Br)c1Br. The van der Waals surface area contributed by atoms with E-state index in [0.717, 1.165) is 21.6 Å². The van der Waals surface area contributed by atoms with Crippen LogP contribution >= 0.6 is 31.9 Å². The minimum atomic E-state index is -3.72. The van der Waals surface area contributed by atoms with E-state index in [2.05, 4.69) is 51.5 Å². The van der Waals surface area contributed by atoms with Crippen molar-refractivity contribution in [3.63, 3.8) is 0 Å². The zero-order chi connectivity index (χ0) is 23.8. The summed E-state index contributed by atoms with van der Waals surface area (Å²) in [6, 6.07) is 16.9. The summed E-state index contributed by atoms with van der Waals surface area (Å²) in [5.74, 6) is 0.696. The third-order valence-electron chi connectivity index (χ3n) is 5.32. The quantitative estimate of drug-likeness (QED) is 0.167. The lowest BCUT2D eigenvalue weighted by atomic mass is 10.1. The Hall–Kier alpha value is -1.72. The highest BCUT2D eigenvalue weighted by molar-refractivity contribution is 9.13. The zero-order valence-corrected chi connectivity index (χ0v) is 23.6. The smallest absolute Gasteiger partial charge is 0.268 e.